The second kappa shape index (κ2) is 8.00. The van der Waals surface area contributed by atoms with E-state index in [1.807, 2.05) is 0 Å². The molecule has 0 aromatic rings. The molecular weight excluding hydrogens is 309 g/mol. The Morgan fingerprint density at radius 1 is 1.10 bits per heavy atom. The lowest BCUT2D eigenvalue weighted by molar-refractivity contribution is -0.144. The lowest BCUT2D eigenvalue weighted by Crippen LogP contribution is -2.57. The Morgan fingerprint density at radius 3 is 2.24 bits per heavy atom. The lowest BCUT2D eigenvalue weighted by Gasteiger charge is -2.45. The van der Waals surface area contributed by atoms with Gasteiger partial charge < -0.3 is 10.2 Å². The number of piperazine rings is 1. The molecule has 3 rings (SSSR count). The summed E-state index contributed by atoms with van der Waals surface area (Å²) in [6.07, 6.45) is 6.31. The van der Waals surface area contributed by atoms with Gasteiger partial charge in [0.05, 0.1) is 5.41 Å². The molecule has 6 heteroatoms. The fourth-order valence-electron chi connectivity index (χ4n) is 3.66. The Morgan fingerprint density at radius 2 is 1.76 bits per heavy atom. The van der Waals surface area contributed by atoms with Crippen LogP contribution in [0, 0.1) is 5.41 Å². The third-order valence-electron chi connectivity index (χ3n) is 5.31. The zero-order valence-corrected chi connectivity index (χ0v) is 14.6. The molecule has 4 nitrogen and oxygen atoms in total. The smallest absolute Gasteiger partial charge is 0.229 e. The summed E-state index contributed by atoms with van der Waals surface area (Å²) in [4.78, 5) is 17.4. The van der Waals surface area contributed by atoms with Crippen LogP contribution in [0.3, 0.4) is 0 Å². The van der Waals surface area contributed by atoms with E-state index in [1.54, 1.807) is 0 Å². The fourth-order valence-corrected chi connectivity index (χ4v) is 3.66. The van der Waals surface area contributed by atoms with E-state index in [2.05, 4.69) is 22.0 Å². The van der Waals surface area contributed by atoms with Gasteiger partial charge in [-0.3, -0.25) is 9.69 Å². The first-order chi connectivity index (χ1) is 9.19. The van der Waals surface area contributed by atoms with E-state index in [0.29, 0.717) is 5.91 Å². The topological polar surface area (TPSA) is 35.6 Å². The van der Waals surface area contributed by atoms with Gasteiger partial charge in [0.2, 0.25) is 5.91 Å². The maximum atomic E-state index is 12.7. The predicted molar refractivity (Wildman–Crippen MR) is 90.5 cm³/mol. The fraction of sp³-hybridized carbons (Fsp3) is 0.933. The molecule has 1 N–H and O–H groups in total. The standard InChI is InChI=1S/C15H27N3O.2ClH/c1-15(6-3-7-16-12-15)14(19)18-10-8-17(9-11-18)13-4-2-5-13;;/h13,16H,2-12H2,1H3;2*1H. The molecule has 0 spiro atoms. The van der Waals surface area contributed by atoms with Gasteiger partial charge in [-0.1, -0.05) is 6.42 Å². The van der Waals surface area contributed by atoms with E-state index in [4.69, 9.17) is 0 Å². The second-order valence-electron chi connectivity index (χ2n) is 6.75. The van der Waals surface area contributed by atoms with E-state index < -0.39 is 0 Å². The highest BCUT2D eigenvalue weighted by Gasteiger charge is 2.39. The lowest BCUT2D eigenvalue weighted by atomic mass is 9.81. The Balaban J connectivity index is 0.00000110. The number of nitrogens with zero attached hydrogens (tertiary/aromatic N) is 2. The van der Waals surface area contributed by atoms with Crippen molar-refractivity contribution in [2.75, 3.05) is 39.3 Å². The van der Waals surface area contributed by atoms with Gasteiger partial charge in [0, 0.05) is 38.8 Å². The number of rotatable bonds is 2. The van der Waals surface area contributed by atoms with Crippen LogP contribution in [0.15, 0.2) is 0 Å². The molecule has 2 heterocycles. The summed E-state index contributed by atoms with van der Waals surface area (Å²) in [6, 6.07) is 0.823. The summed E-state index contributed by atoms with van der Waals surface area (Å²) in [5.41, 5.74) is -0.156. The van der Waals surface area contributed by atoms with E-state index in [1.165, 1.54) is 19.3 Å². The molecule has 1 amide bonds. The monoisotopic (exact) mass is 337 g/mol. The molecule has 2 aliphatic heterocycles. The maximum Gasteiger partial charge on any atom is 0.229 e. The Hall–Kier alpha value is -0.0300. The Labute approximate surface area is 140 Å². The molecule has 21 heavy (non-hydrogen) atoms. The Kier molecular flexibility index (Phi) is 7.25. The SMILES string of the molecule is CC1(C(=O)N2CCN(C3CCC3)CC2)CCCNC1.Cl.Cl. The Bertz CT molecular complexity index is 336. The van der Waals surface area contributed by atoms with Crippen molar-refractivity contribution in [3.63, 3.8) is 0 Å². The average molecular weight is 338 g/mol. The molecule has 3 fully saturated rings. The summed E-state index contributed by atoms with van der Waals surface area (Å²) < 4.78 is 0. The molecule has 124 valence electrons. The zero-order chi connectivity index (χ0) is 13.3. The minimum atomic E-state index is -0.156. The highest BCUT2D eigenvalue weighted by molar-refractivity contribution is 5.85. The van der Waals surface area contributed by atoms with Crippen LogP contribution in [0.5, 0.6) is 0 Å². The van der Waals surface area contributed by atoms with Crippen molar-refractivity contribution in [2.24, 2.45) is 5.41 Å². The van der Waals surface area contributed by atoms with Crippen LogP contribution in [0.2, 0.25) is 0 Å². The van der Waals surface area contributed by atoms with Crippen molar-refractivity contribution in [3.8, 4) is 0 Å². The van der Waals surface area contributed by atoms with Gasteiger partial charge in [-0.25, -0.2) is 0 Å². The molecule has 0 bridgehead atoms. The van der Waals surface area contributed by atoms with Crippen LogP contribution in [0.4, 0.5) is 0 Å². The van der Waals surface area contributed by atoms with Gasteiger partial charge in [0.25, 0.3) is 0 Å². The minimum Gasteiger partial charge on any atom is -0.340 e. The first-order valence-electron chi connectivity index (χ1n) is 7.93. The highest BCUT2D eigenvalue weighted by atomic mass is 35.5. The van der Waals surface area contributed by atoms with Crippen molar-refractivity contribution >= 4 is 30.7 Å². The van der Waals surface area contributed by atoms with E-state index >= 15 is 0 Å². The molecule has 0 aromatic heterocycles. The highest BCUT2D eigenvalue weighted by Crippen LogP contribution is 2.30. The van der Waals surface area contributed by atoms with Crippen LogP contribution in [-0.4, -0.2) is 61.0 Å². The van der Waals surface area contributed by atoms with Crippen LogP contribution in [0.25, 0.3) is 0 Å². The van der Waals surface area contributed by atoms with Crippen LogP contribution < -0.4 is 5.32 Å². The van der Waals surface area contributed by atoms with Crippen molar-refractivity contribution in [1.29, 1.82) is 0 Å². The summed E-state index contributed by atoms with van der Waals surface area (Å²) >= 11 is 0. The molecule has 2 saturated heterocycles. The number of hydrogen-bond donors (Lipinski definition) is 1. The van der Waals surface area contributed by atoms with Crippen molar-refractivity contribution in [1.82, 2.24) is 15.1 Å². The van der Waals surface area contributed by atoms with E-state index in [9.17, 15) is 4.79 Å². The number of halogens is 2. The third-order valence-corrected chi connectivity index (χ3v) is 5.31. The molecule has 1 aliphatic carbocycles. The third kappa shape index (κ3) is 4.04. The average Bonchev–Trinajstić information content (AvgIpc) is 2.38. The molecule has 1 unspecified atom stereocenters. The first-order valence-corrected chi connectivity index (χ1v) is 7.93. The maximum absolute atomic E-state index is 12.7. The normalized spacial score (nSPS) is 30.8. The number of piperidine rings is 1. The molecule has 1 saturated carbocycles. The van der Waals surface area contributed by atoms with Gasteiger partial charge in [-0.05, 0) is 39.2 Å². The van der Waals surface area contributed by atoms with Crippen molar-refractivity contribution < 1.29 is 4.79 Å². The summed E-state index contributed by atoms with van der Waals surface area (Å²) in [6.45, 7) is 8.10. The van der Waals surface area contributed by atoms with Gasteiger partial charge in [0.1, 0.15) is 0 Å². The van der Waals surface area contributed by atoms with E-state index in [0.717, 1.165) is 58.2 Å². The van der Waals surface area contributed by atoms with Gasteiger partial charge in [-0.2, -0.15) is 0 Å². The van der Waals surface area contributed by atoms with E-state index in [-0.39, 0.29) is 30.2 Å². The summed E-state index contributed by atoms with van der Waals surface area (Å²) in [7, 11) is 0. The van der Waals surface area contributed by atoms with Gasteiger partial charge >= 0.3 is 0 Å². The molecule has 1 atom stereocenters. The van der Waals surface area contributed by atoms with Crippen molar-refractivity contribution in [3.05, 3.63) is 0 Å². The molecule has 0 aromatic carbocycles. The number of hydrogen-bond acceptors (Lipinski definition) is 3. The van der Waals surface area contributed by atoms with Crippen molar-refractivity contribution in [2.45, 2.75) is 45.1 Å². The van der Waals surface area contributed by atoms with Crippen LogP contribution in [0.1, 0.15) is 39.0 Å². The number of nitrogens with one attached hydrogen (secondary N) is 1. The molecular formula is C15H29Cl2N3O. The quantitative estimate of drug-likeness (QED) is 0.836. The largest absolute Gasteiger partial charge is 0.340 e. The number of amides is 1. The minimum absolute atomic E-state index is 0. The number of carbonyl (C=O) groups is 1. The predicted octanol–water partition coefficient (Wildman–Crippen LogP) is 1.92. The first kappa shape index (κ1) is 19.0. The van der Waals surface area contributed by atoms with Crippen LogP contribution in [-0.2, 0) is 4.79 Å². The zero-order valence-electron chi connectivity index (χ0n) is 13.0. The second-order valence-corrected chi connectivity index (χ2v) is 6.75. The number of carbonyl (C=O) groups excluding carboxylic acids is 1. The van der Waals surface area contributed by atoms with Gasteiger partial charge in [-0.15, -0.1) is 24.8 Å². The molecule has 0 radical (unpaired) electrons. The summed E-state index contributed by atoms with van der Waals surface area (Å²) in [5, 5.41) is 3.38. The molecule has 3 aliphatic rings. The van der Waals surface area contributed by atoms with Gasteiger partial charge in [0.15, 0.2) is 0 Å². The summed E-state index contributed by atoms with van der Waals surface area (Å²) in [5.74, 6) is 0.382. The van der Waals surface area contributed by atoms with Crippen LogP contribution >= 0.6 is 24.8 Å².